The van der Waals surface area contributed by atoms with Crippen molar-refractivity contribution in [1.29, 1.82) is 0 Å². The quantitative estimate of drug-likeness (QED) is 0.853. The van der Waals surface area contributed by atoms with Gasteiger partial charge in [0.05, 0.1) is 11.3 Å². The Morgan fingerprint density at radius 2 is 1.95 bits per heavy atom. The molecule has 1 aromatic heterocycles. The van der Waals surface area contributed by atoms with E-state index in [1.54, 1.807) is 0 Å². The Balaban J connectivity index is 1.90. The van der Waals surface area contributed by atoms with Gasteiger partial charge < -0.3 is 19.7 Å². The zero-order chi connectivity index (χ0) is 14.7. The Bertz CT molecular complexity index is 622. The number of anilines is 1. The van der Waals surface area contributed by atoms with Gasteiger partial charge in [0.15, 0.2) is 11.5 Å². The Hall–Kier alpha value is -2.17. The van der Waals surface area contributed by atoms with E-state index in [1.165, 1.54) is 12.8 Å². The van der Waals surface area contributed by atoms with Gasteiger partial charge in [-0.25, -0.2) is 0 Å². The van der Waals surface area contributed by atoms with Crippen molar-refractivity contribution in [3.05, 3.63) is 23.9 Å². The molecule has 21 heavy (non-hydrogen) atoms. The molecule has 0 bridgehead atoms. The highest BCUT2D eigenvalue weighted by molar-refractivity contribution is 5.77. The first-order chi connectivity index (χ1) is 10.3. The lowest BCUT2D eigenvalue weighted by Gasteiger charge is -2.18. The zero-order valence-corrected chi connectivity index (χ0v) is 12.2. The molecule has 0 amide bonds. The van der Waals surface area contributed by atoms with Gasteiger partial charge in [0.2, 0.25) is 5.88 Å². The molecule has 0 spiro atoms. The summed E-state index contributed by atoms with van der Waals surface area (Å²) in [7, 11) is 0. The highest BCUT2D eigenvalue weighted by atomic mass is 16.6. The van der Waals surface area contributed by atoms with Crippen LogP contribution in [0.15, 0.2) is 22.7 Å². The van der Waals surface area contributed by atoms with E-state index in [0.717, 1.165) is 41.2 Å². The van der Waals surface area contributed by atoms with Crippen molar-refractivity contribution in [3.63, 3.8) is 0 Å². The van der Waals surface area contributed by atoms with Gasteiger partial charge in [-0.15, -0.1) is 0 Å². The van der Waals surface area contributed by atoms with Gasteiger partial charge in [-0.05, 0) is 30.5 Å². The Kier molecular flexibility index (Phi) is 3.99. The number of nitrogens with two attached hydrogens (primary N) is 1. The summed E-state index contributed by atoms with van der Waals surface area (Å²) in [6.07, 6.45) is 4.30. The van der Waals surface area contributed by atoms with Gasteiger partial charge in [-0.3, -0.25) is 0 Å². The maximum absolute atomic E-state index is 5.95. The zero-order valence-electron chi connectivity index (χ0n) is 12.2. The van der Waals surface area contributed by atoms with Crippen molar-refractivity contribution in [2.24, 2.45) is 0 Å². The molecule has 1 aromatic carbocycles. The third kappa shape index (κ3) is 2.82. The first-order valence-electron chi connectivity index (χ1n) is 7.43. The number of aromatic nitrogens is 1. The summed E-state index contributed by atoms with van der Waals surface area (Å²) in [5.41, 5.74) is 8.71. The number of ether oxygens (including phenoxy) is 2. The van der Waals surface area contributed by atoms with Crippen molar-refractivity contribution < 1.29 is 14.0 Å². The fraction of sp³-hybridized carbons (Fsp3) is 0.438. The second-order valence-corrected chi connectivity index (χ2v) is 5.18. The summed E-state index contributed by atoms with van der Waals surface area (Å²) in [4.78, 5) is 0. The van der Waals surface area contributed by atoms with Gasteiger partial charge in [-0.1, -0.05) is 31.0 Å². The number of rotatable bonds is 5. The van der Waals surface area contributed by atoms with E-state index in [9.17, 15) is 0 Å². The average molecular weight is 288 g/mol. The van der Waals surface area contributed by atoms with Crippen molar-refractivity contribution >= 4 is 5.88 Å². The lowest BCUT2D eigenvalue weighted by Crippen LogP contribution is -2.15. The van der Waals surface area contributed by atoms with Crippen LogP contribution in [0.25, 0.3) is 11.1 Å². The third-order valence-corrected chi connectivity index (χ3v) is 3.64. The molecule has 0 saturated carbocycles. The van der Waals surface area contributed by atoms with E-state index in [4.69, 9.17) is 19.7 Å². The normalized spacial score (nSPS) is 13.4. The number of fused-ring (bicyclic) bond motifs is 1. The van der Waals surface area contributed by atoms with Crippen molar-refractivity contribution in [2.75, 3.05) is 18.9 Å². The predicted molar refractivity (Wildman–Crippen MR) is 80.6 cm³/mol. The van der Waals surface area contributed by atoms with Crippen molar-refractivity contribution in [2.45, 2.75) is 32.6 Å². The molecule has 0 saturated heterocycles. The van der Waals surface area contributed by atoms with E-state index >= 15 is 0 Å². The minimum Gasteiger partial charge on any atom is -0.486 e. The summed E-state index contributed by atoms with van der Waals surface area (Å²) in [5, 5.41) is 4.10. The summed E-state index contributed by atoms with van der Waals surface area (Å²) in [6, 6.07) is 5.83. The van der Waals surface area contributed by atoms with E-state index < -0.39 is 0 Å². The molecular weight excluding hydrogens is 268 g/mol. The highest BCUT2D eigenvalue weighted by Crippen LogP contribution is 2.38. The number of nitrogen functional groups attached to an aromatic ring is 1. The van der Waals surface area contributed by atoms with Crippen LogP contribution in [0.5, 0.6) is 11.5 Å². The molecule has 0 radical (unpaired) electrons. The molecule has 0 fully saturated rings. The van der Waals surface area contributed by atoms with E-state index in [2.05, 4.69) is 12.1 Å². The number of unbranched alkanes of at least 4 members (excludes halogenated alkanes) is 2. The van der Waals surface area contributed by atoms with Crippen LogP contribution in [-0.4, -0.2) is 18.4 Å². The first kappa shape index (κ1) is 13.8. The van der Waals surface area contributed by atoms with Gasteiger partial charge in [-0.2, -0.15) is 0 Å². The summed E-state index contributed by atoms with van der Waals surface area (Å²) in [5.74, 6) is 1.88. The van der Waals surface area contributed by atoms with E-state index in [1.807, 2.05) is 18.2 Å². The number of benzene rings is 1. The molecule has 112 valence electrons. The number of aryl methyl sites for hydroxylation is 1. The molecule has 3 rings (SSSR count). The Morgan fingerprint density at radius 3 is 2.76 bits per heavy atom. The van der Waals surface area contributed by atoms with Crippen LogP contribution in [0.4, 0.5) is 5.88 Å². The van der Waals surface area contributed by atoms with Crippen LogP contribution in [0.1, 0.15) is 31.9 Å². The van der Waals surface area contributed by atoms with Crippen LogP contribution in [-0.2, 0) is 6.42 Å². The smallest absolute Gasteiger partial charge is 0.230 e. The van der Waals surface area contributed by atoms with Crippen molar-refractivity contribution in [1.82, 2.24) is 5.16 Å². The number of hydrogen-bond acceptors (Lipinski definition) is 5. The molecular formula is C16H20N2O3. The third-order valence-electron chi connectivity index (χ3n) is 3.64. The van der Waals surface area contributed by atoms with Gasteiger partial charge >= 0.3 is 0 Å². The summed E-state index contributed by atoms with van der Waals surface area (Å²) in [6.45, 7) is 3.34. The SMILES string of the molecule is CCCCCc1noc(N)c1-c1ccc2c(c1)OCCO2. The maximum atomic E-state index is 5.95. The first-order valence-corrected chi connectivity index (χ1v) is 7.43. The van der Waals surface area contributed by atoms with Crippen LogP contribution in [0.2, 0.25) is 0 Å². The molecule has 0 atom stereocenters. The molecule has 0 unspecified atom stereocenters. The lowest BCUT2D eigenvalue weighted by atomic mass is 10.0. The molecule has 1 aliphatic rings. The standard InChI is InChI=1S/C16H20N2O3/c1-2-3-4-5-12-15(16(17)21-18-12)11-6-7-13-14(10-11)20-9-8-19-13/h6-7,10H,2-5,8-9,17H2,1H3. The fourth-order valence-electron chi connectivity index (χ4n) is 2.56. The van der Waals surface area contributed by atoms with Crippen LogP contribution in [0, 0.1) is 0 Å². The molecule has 5 nitrogen and oxygen atoms in total. The fourth-order valence-corrected chi connectivity index (χ4v) is 2.56. The van der Waals surface area contributed by atoms with E-state index in [-0.39, 0.29) is 0 Å². The summed E-state index contributed by atoms with van der Waals surface area (Å²) < 4.78 is 16.3. The molecule has 0 aliphatic carbocycles. The predicted octanol–water partition coefficient (Wildman–Crippen LogP) is 3.43. The maximum Gasteiger partial charge on any atom is 0.230 e. The van der Waals surface area contributed by atoms with E-state index in [0.29, 0.717) is 19.1 Å². The monoisotopic (exact) mass is 288 g/mol. The average Bonchev–Trinajstić information content (AvgIpc) is 2.88. The topological polar surface area (TPSA) is 70.5 Å². The minimum absolute atomic E-state index is 0.359. The van der Waals surface area contributed by atoms with Gasteiger partial charge in [0, 0.05) is 0 Å². The van der Waals surface area contributed by atoms with Crippen LogP contribution in [0.3, 0.4) is 0 Å². The molecule has 2 N–H and O–H groups in total. The second kappa shape index (κ2) is 6.08. The highest BCUT2D eigenvalue weighted by Gasteiger charge is 2.19. The Labute approximate surface area is 124 Å². The molecule has 1 aliphatic heterocycles. The molecule has 5 heteroatoms. The van der Waals surface area contributed by atoms with Gasteiger partial charge in [0.25, 0.3) is 0 Å². The van der Waals surface area contributed by atoms with Crippen LogP contribution < -0.4 is 15.2 Å². The lowest BCUT2D eigenvalue weighted by molar-refractivity contribution is 0.171. The largest absolute Gasteiger partial charge is 0.486 e. The van der Waals surface area contributed by atoms with Gasteiger partial charge in [0.1, 0.15) is 13.2 Å². The van der Waals surface area contributed by atoms with Crippen LogP contribution >= 0.6 is 0 Å². The number of hydrogen-bond donors (Lipinski definition) is 1. The number of nitrogens with zero attached hydrogens (tertiary/aromatic N) is 1. The molecule has 2 heterocycles. The minimum atomic E-state index is 0.359. The molecule has 2 aromatic rings. The Morgan fingerprint density at radius 1 is 1.14 bits per heavy atom. The second-order valence-electron chi connectivity index (χ2n) is 5.18. The summed E-state index contributed by atoms with van der Waals surface area (Å²) >= 11 is 0. The van der Waals surface area contributed by atoms with Crippen molar-refractivity contribution in [3.8, 4) is 22.6 Å².